The van der Waals surface area contributed by atoms with Gasteiger partial charge in [0.2, 0.25) is 0 Å². The van der Waals surface area contributed by atoms with Crippen molar-refractivity contribution in [3.63, 3.8) is 0 Å². The quantitative estimate of drug-likeness (QED) is 0.640. The molecule has 0 aromatic rings. The summed E-state index contributed by atoms with van der Waals surface area (Å²) in [7, 11) is 0. The lowest BCUT2D eigenvalue weighted by molar-refractivity contribution is 0.728. The highest BCUT2D eigenvalue weighted by Crippen LogP contribution is 1.97. The molecule has 0 amide bonds. The highest BCUT2D eigenvalue weighted by Gasteiger charge is 2.02. The Kier molecular flexibility index (Phi) is 4.09. The minimum Gasteiger partial charge on any atom is -0.297 e. The van der Waals surface area contributed by atoms with Crippen molar-refractivity contribution in [2.24, 2.45) is 9.98 Å². The highest BCUT2D eigenvalue weighted by atomic mass is 14.9. The molecule has 0 unspecified atom stereocenters. The SMILES string of the molecule is CCCCC/N=C1/N=CC=CC1=N. The molecule has 1 heterocycles. The van der Waals surface area contributed by atoms with Gasteiger partial charge in [-0.3, -0.25) is 10.4 Å². The molecule has 0 spiro atoms. The fourth-order valence-corrected chi connectivity index (χ4v) is 1.07. The number of unbranched alkanes of at least 4 members (excludes halogenated alkanes) is 2. The Hall–Kier alpha value is -1.25. The molecule has 1 aliphatic heterocycles. The zero-order chi connectivity index (χ0) is 9.52. The lowest BCUT2D eigenvalue weighted by Crippen LogP contribution is -2.11. The van der Waals surface area contributed by atoms with Crippen molar-refractivity contribution in [2.45, 2.75) is 26.2 Å². The van der Waals surface area contributed by atoms with E-state index in [0.717, 1.165) is 13.0 Å². The summed E-state index contributed by atoms with van der Waals surface area (Å²) in [6, 6.07) is 0. The lowest BCUT2D eigenvalue weighted by atomic mass is 10.2. The maximum Gasteiger partial charge on any atom is 0.172 e. The van der Waals surface area contributed by atoms with E-state index in [1.54, 1.807) is 18.4 Å². The average molecular weight is 177 g/mol. The molecule has 3 nitrogen and oxygen atoms in total. The number of nitrogens with zero attached hydrogens (tertiary/aromatic N) is 2. The van der Waals surface area contributed by atoms with Crippen LogP contribution in [0, 0.1) is 5.41 Å². The van der Waals surface area contributed by atoms with Gasteiger partial charge < -0.3 is 0 Å². The zero-order valence-corrected chi connectivity index (χ0v) is 7.95. The third-order valence-corrected chi connectivity index (χ3v) is 1.81. The van der Waals surface area contributed by atoms with Crippen LogP contribution in [-0.4, -0.2) is 24.3 Å². The van der Waals surface area contributed by atoms with Crippen molar-refractivity contribution in [2.75, 3.05) is 6.54 Å². The van der Waals surface area contributed by atoms with Crippen LogP contribution in [0.2, 0.25) is 0 Å². The Bertz CT molecular complexity index is 261. The fraction of sp³-hybridized carbons (Fsp3) is 0.500. The molecule has 0 radical (unpaired) electrons. The number of nitrogens with one attached hydrogen (secondary N) is 1. The summed E-state index contributed by atoms with van der Waals surface area (Å²) in [4.78, 5) is 8.27. The molecule has 13 heavy (non-hydrogen) atoms. The molecule has 1 aliphatic rings. The predicted molar refractivity (Wildman–Crippen MR) is 57.2 cm³/mol. The van der Waals surface area contributed by atoms with Gasteiger partial charge in [-0.05, 0) is 18.6 Å². The van der Waals surface area contributed by atoms with Crippen molar-refractivity contribution in [3.05, 3.63) is 12.2 Å². The van der Waals surface area contributed by atoms with Crippen molar-refractivity contribution in [1.82, 2.24) is 0 Å². The molecular weight excluding hydrogens is 162 g/mol. The highest BCUT2D eigenvalue weighted by molar-refractivity contribution is 6.47. The summed E-state index contributed by atoms with van der Waals surface area (Å²) >= 11 is 0. The van der Waals surface area contributed by atoms with Crippen LogP contribution in [0.5, 0.6) is 0 Å². The third kappa shape index (κ3) is 3.32. The maximum atomic E-state index is 7.49. The second kappa shape index (κ2) is 5.41. The first-order valence-corrected chi connectivity index (χ1v) is 4.68. The van der Waals surface area contributed by atoms with E-state index in [4.69, 9.17) is 5.41 Å². The largest absolute Gasteiger partial charge is 0.297 e. The van der Waals surface area contributed by atoms with Gasteiger partial charge in [-0.15, -0.1) is 0 Å². The predicted octanol–water partition coefficient (Wildman–Crippen LogP) is 2.24. The fourth-order valence-electron chi connectivity index (χ4n) is 1.07. The van der Waals surface area contributed by atoms with E-state index in [9.17, 15) is 0 Å². The Morgan fingerprint density at radius 1 is 1.46 bits per heavy atom. The van der Waals surface area contributed by atoms with Gasteiger partial charge in [-0.1, -0.05) is 19.8 Å². The molecule has 0 saturated carbocycles. The number of dihydropyridines is 1. The van der Waals surface area contributed by atoms with Gasteiger partial charge in [0.1, 0.15) is 0 Å². The van der Waals surface area contributed by atoms with Crippen LogP contribution in [0.3, 0.4) is 0 Å². The first-order valence-electron chi connectivity index (χ1n) is 4.68. The molecular formula is C10H15N3. The maximum absolute atomic E-state index is 7.49. The number of amidine groups is 1. The van der Waals surface area contributed by atoms with Crippen LogP contribution in [0.4, 0.5) is 0 Å². The monoisotopic (exact) mass is 177 g/mol. The van der Waals surface area contributed by atoms with Gasteiger partial charge >= 0.3 is 0 Å². The van der Waals surface area contributed by atoms with Gasteiger partial charge in [0.15, 0.2) is 5.84 Å². The standard InChI is InChI=1S/C10H15N3/c1-2-3-4-7-12-10-9(11)6-5-8-13-10/h5-6,8,11H,2-4,7H2,1H3/b11-9?,12-10+. The number of hydrogen-bond donors (Lipinski definition) is 1. The van der Waals surface area contributed by atoms with Crippen molar-refractivity contribution < 1.29 is 0 Å². The summed E-state index contributed by atoms with van der Waals surface area (Å²) in [5, 5.41) is 7.49. The Labute approximate surface area is 78.8 Å². The minimum atomic E-state index is 0.416. The summed E-state index contributed by atoms with van der Waals surface area (Å²) in [6.07, 6.45) is 8.64. The van der Waals surface area contributed by atoms with Crippen molar-refractivity contribution in [3.8, 4) is 0 Å². The van der Waals surface area contributed by atoms with E-state index in [-0.39, 0.29) is 0 Å². The Morgan fingerprint density at radius 2 is 2.31 bits per heavy atom. The van der Waals surface area contributed by atoms with Crippen molar-refractivity contribution >= 4 is 17.8 Å². The number of aliphatic imine (C=N–C) groups is 2. The van der Waals surface area contributed by atoms with Gasteiger partial charge in [0.25, 0.3) is 0 Å². The minimum absolute atomic E-state index is 0.416. The van der Waals surface area contributed by atoms with Crippen LogP contribution in [0.15, 0.2) is 22.1 Å². The van der Waals surface area contributed by atoms with Gasteiger partial charge in [-0.25, -0.2) is 4.99 Å². The number of allylic oxidation sites excluding steroid dienone is 1. The third-order valence-electron chi connectivity index (χ3n) is 1.81. The van der Waals surface area contributed by atoms with E-state index in [2.05, 4.69) is 16.9 Å². The molecule has 70 valence electrons. The molecule has 1 N–H and O–H groups in total. The summed E-state index contributed by atoms with van der Waals surface area (Å²) in [5.41, 5.74) is 0.416. The Balaban J connectivity index is 2.38. The first-order chi connectivity index (χ1) is 6.34. The molecule has 0 aromatic heterocycles. The zero-order valence-electron chi connectivity index (χ0n) is 7.95. The number of rotatable bonds is 4. The lowest BCUT2D eigenvalue weighted by Gasteiger charge is -2.01. The van der Waals surface area contributed by atoms with Gasteiger partial charge in [0.05, 0.1) is 5.71 Å². The molecule has 0 bridgehead atoms. The van der Waals surface area contributed by atoms with E-state index in [1.165, 1.54) is 12.8 Å². The van der Waals surface area contributed by atoms with Crippen LogP contribution >= 0.6 is 0 Å². The molecule has 0 saturated heterocycles. The van der Waals surface area contributed by atoms with Crippen LogP contribution in [-0.2, 0) is 0 Å². The topological polar surface area (TPSA) is 48.6 Å². The second-order valence-electron chi connectivity index (χ2n) is 2.96. The average Bonchev–Trinajstić information content (AvgIpc) is 2.15. The normalized spacial score (nSPS) is 18.5. The van der Waals surface area contributed by atoms with Crippen molar-refractivity contribution in [1.29, 1.82) is 5.41 Å². The van der Waals surface area contributed by atoms with Crippen LogP contribution in [0.1, 0.15) is 26.2 Å². The van der Waals surface area contributed by atoms with E-state index in [0.29, 0.717) is 11.5 Å². The van der Waals surface area contributed by atoms with E-state index < -0.39 is 0 Å². The number of hydrogen-bond acceptors (Lipinski definition) is 2. The summed E-state index contributed by atoms with van der Waals surface area (Å²) in [5.74, 6) is 0.568. The molecule has 0 aromatic carbocycles. The van der Waals surface area contributed by atoms with E-state index >= 15 is 0 Å². The molecule has 0 aliphatic carbocycles. The molecule has 0 atom stereocenters. The molecule has 3 heteroatoms. The smallest absolute Gasteiger partial charge is 0.172 e. The molecule has 0 fully saturated rings. The first kappa shape index (κ1) is 9.84. The second-order valence-corrected chi connectivity index (χ2v) is 2.96. The van der Waals surface area contributed by atoms with Gasteiger partial charge in [0, 0.05) is 12.8 Å². The summed E-state index contributed by atoms with van der Waals surface area (Å²) < 4.78 is 0. The van der Waals surface area contributed by atoms with Crippen LogP contribution in [0.25, 0.3) is 0 Å². The molecule has 1 rings (SSSR count). The Morgan fingerprint density at radius 3 is 3.00 bits per heavy atom. The summed E-state index contributed by atoms with van der Waals surface area (Å²) in [6.45, 7) is 2.95. The van der Waals surface area contributed by atoms with Crippen LogP contribution < -0.4 is 0 Å². The van der Waals surface area contributed by atoms with Gasteiger partial charge in [-0.2, -0.15) is 0 Å². The van der Waals surface area contributed by atoms with E-state index in [1.807, 2.05) is 0 Å².